The molecule has 286 valence electrons. The molecule has 2 heterocycles. The van der Waals surface area contributed by atoms with Gasteiger partial charge < -0.3 is 14.5 Å². The largest absolute Gasteiger partial charge is 0.466 e. The lowest BCUT2D eigenvalue weighted by Crippen LogP contribution is -2.63. The third-order valence-electron chi connectivity index (χ3n) is 12.3. The first kappa shape index (κ1) is 36.7. The molecule has 0 bridgehead atoms. The van der Waals surface area contributed by atoms with E-state index in [2.05, 4.69) is 0 Å². The molecule has 0 N–H and O–H groups in total. The van der Waals surface area contributed by atoms with E-state index in [-0.39, 0.29) is 30.8 Å². The van der Waals surface area contributed by atoms with Crippen LogP contribution in [-0.2, 0) is 43.0 Å². The Hall–Kier alpha value is -6.93. The van der Waals surface area contributed by atoms with Crippen LogP contribution in [0.3, 0.4) is 0 Å². The molecule has 8 heteroatoms. The lowest BCUT2D eigenvalue weighted by molar-refractivity contribution is -0.150. The summed E-state index contributed by atoms with van der Waals surface area (Å²) in [6.07, 6.45) is 0. The Morgan fingerprint density at radius 3 is 1.22 bits per heavy atom. The molecule has 6 aromatic carbocycles. The van der Waals surface area contributed by atoms with Crippen molar-refractivity contribution in [2.24, 2.45) is 17.8 Å². The van der Waals surface area contributed by atoms with Crippen molar-refractivity contribution in [1.82, 2.24) is 0 Å². The second-order valence-electron chi connectivity index (χ2n) is 15.1. The zero-order valence-electron chi connectivity index (χ0n) is 31.9. The number of ketones is 2. The van der Waals surface area contributed by atoms with Crippen LogP contribution >= 0.6 is 0 Å². The molecule has 4 unspecified atom stereocenters. The molecule has 0 aromatic heterocycles. The summed E-state index contributed by atoms with van der Waals surface area (Å²) in [7, 11) is 0. The van der Waals surface area contributed by atoms with Crippen LogP contribution in [0.2, 0.25) is 0 Å². The molecule has 2 amide bonds. The molecule has 8 nitrogen and oxygen atoms in total. The minimum atomic E-state index is -2.10. The Morgan fingerprint density at radius 2 is 0.845 bits per heavy atom. The number of rotatable bonds is 10. The number of Topliss-reactive ketones (excluding diaryl/α,β-unsaturated/α-hetero) is 2. The van der Waals surface area contributed by atoms with Gasteiger partial charge in [-0.2, -0.15) is 0 Å². The molecule has 1 fully saturated rings. The minimum Gasteiger partial charge on any atom is -0.466 e. The van der Waals surface area contributed by atoms with Crippen molar-refractivity contribution >= 4 is 40.7 Å². The van der Waals surface area contributed by atoms with Gasteiger partial charge in [-0.25, -0.2) is 0 Å². The molecule has 58 heavy (non-hydrogen) atoms. The zero-order valence-corrected chi connectivity index (χ0v) is 31.9. The Kier molecular flexibility index (Phi) is 9.20. The van der Waals surface area contributed by atoms with E-state index in [1.54, 1.807) is 102 Å². The number of hydrogen-bond donors (Lipinski definition) is 0. The number of nitrogens with zero attached hydrogens (tertiary/aromatic N) is 2. The summed E-state index contributed by atoms with van der Waals surface area (Å²) in [5, 5.41) is 0. The number of fused-ring (bicyclic) bond motifs is 5. The number of carbonyl (C=O) groups excluding carboxylic acids is 5. The van der Waals surface area contributed by atoms with Crippen molar-refractivity contribution in [2.75, 3.05) is 16.4 Å². The van der Waals surface area contributed by atoms with Crippen LogP contribution in [0.4, 0.5) is 11.4 Å². The Labute approximate surface area is 336 Å². The highest BCUT2D eigenvalue weighted by Crippen LogP contribution is 2.72. The number of ether oxygens (including phenoxy) is 1. The van der Waals surface area contributed by atoms with Crippen LogP contribution in [-0.4, -0.2) is 36.0 Å². The fourth-order valence-electron chi connectivity index (χ4n) is 10.2. The van der Waals surface area contributed by atoms with E-state index in [1.165, 1.54) is 0 Å². The second-order valence-corrected chi connectivity index (χ2v) is 15.1. The molecule has 0 saturated heterocycles. The predicted molar refractivity (Wildman–Crippen MR) is 220 cm³/mol. The van der Waals surface area contributed by atoms with Gasteiger partial charge in [-0.05, 0) is 41.3 Å². The van der Waals surface area contributed by atoms with E-state index < -0.39 is 57.9 Å². The van der Waals surface area contributed by atoms with Gasteiger partial charge in [0.05, 0.1) is 37.5 Å². The number of para-hydroxylation sites is 2. The van der Waals surface area contributed by atoms with Gasteiger partial charge in [0.1, 0.15) is 10.8 Å². The maximum Gasteiger partial charge on any atom is 0.310 e. The lowest BCUT2D eigenvalue weighted by atomic mass is 9.53. The molecule has 3 aliphatic rings. The molecule has 2 aliphatic heterocycles. The van der Waals surface area contributed by atoms with Crippen molar-refractivity contribution in [3.05, 3.63) is 203 Å². The van der Waals surface area contributed by atoms with Crippen LogP contribution in [0.25, 0.3) is 0 Å². The van der Waals surface area contributed by atoms with E-state index in [0.717, 1.165) is 11.1 Å². The molecule has 6 aromatic rings. The number of benzene rings is 6. The third kappa shape index (κ3) is 5.24. The standard InChI is InChI=1S/C50H40N2O6/c1-2-58-46(55)41-42(44(53)35-23-11-5-12-24-35)49(37-27-15-17-29-39(37)51(47(49)56)31-33-19-7-3-8-20-33)50(43(41)45(54)36-25-13-6-14-26-36)38-28-16-18-30-40(38)52(48(50)57)32-34-21-9-4-10-22-34/h3-30,41-43H,2,31-32H2,1H3. The first-order chi connectivity index (χ1) is 28.3. The quantitative estimate of drug-likeness (QED) is 0.103. The van der Waals surface area contributed by atoms with Crippen LogP contribution in [0.5, 0.6) is 0 Å². The number of amides is 2. The zero-order chi connectivity index (χ0) is 40.0. The summed E-state index contributed by atoms with van der Waals surface area (Å²) in [6, 6.07) is 50.5. The average molecular weight is 765 g/mol. The third-order valence-corrected chi connectivity index (χ3v) is 12.3. The fraction of sp³-hybridized carbons (Fsp3) is 0.180. The van der Waals surface area contributed by atoms with E-state index in [9.17, 15) is 0 Å². The summed E-state index contributed by atoms with van der Waals surface area (Å²) in [4.78, 5) is 82.8. The molecule has 1 saturated carbocycles. The molecule has 2 spiro atoms. The van der Waals surface area contributed by atoms with Crippen molar-refractivity contribution in [3.63, 3.8) is 0 Å². The summed E-state index contributed by atoms with van der Waals surface area (Å²) >= 11 is 0. The summed E-state index contributed by atoms with van der Waals surface area (Å²) in [5.41, 5.74) is -0.237. The Bertz CT molecular complexity index is 2390. The van der Waals surface area contributed by atoms with Crippen molar-refractivity contribution in [1.29, 1.82) is 0 Å². The van der Waals surface area contributed by atoms with Gasteiger partial charge in [0.2, 0.25) is 11.8 Å². The van der Waals surface area contributed by atoms with Crippen LogP contribution < -0.4 is 9.80 Å². The van der Waals surface area contributed by atoms with Gasteiger partial charge in [0.25, 0.3) is 0 Å². The lowest BCUT2D eigenvalue weighted by Gasteiger charge is -2.43. The van der Waals surface area contributed by atoms with Gasteiger partial charge in [0, 0.05) is 22.5 Å². The molecular weight excluding hydrogens is 725 g/mol. The molecule has 9 rings (SSSR count). The van der Waals surface area contributed by atoms with E-state index in [4.69, 9.17) is 4.74 Å². The Morgan fingerprint density at radius 1 is 0.500 bits per heavy atom. The second kappa shape index (κ2) is 14.5. The number of hydrogen-bond acceptors (Lipinski definition) is 6. The molecule has 0 radical (unpaired) electrons. The van der Waals surface area contributed by atoms with Gasteiger partial charge in [-0.3, -0.25) is 24.0 Å². The topological polar surface area (TPSA) is 101 Å². The van der Waals surface area contributed by atoms with Crippen LogP contribution in [0.15, 0.2) is 170 Å². The first-order valence-corrected chi connectivity index (χ1v) is 19.6. The van der Waals surface area contributed by atoms with Crippen molar-refractivity contribution < 1.29 is 28.7 Å². The summed E-state index contributed by atoms with van der Waals surface area (Å²) in [6.45, 7) is 1.84. The van der Waals surface area contributed by atoms with E-state index >= 15 is 24.0 Å². The number of carbonyl (C=O) groups is 5. The highest BCUT2D eigenvalue weighted by atomic mass is 16.5. The average Bonchev–Trinajstić information content (AvgIpc) is 3.80. The fourth-order valence-corrected chi connectivity index (χ4v) is 10.2. The van der Waals surface area contributed by atoms with E-state index in [0.29, 0.717) is 22.5 Å². The highest BCUT2D eigenvalue weighted by molar-refractivity contribution is 6.26. The first-order valence-electron chi connectivity index (χ1n) is 19.6. The number of esters is 1. The van der Waals surface area contributed by atoms with Gasteiger partial charge in [-0.15, -0.1) is 0 Å². The summed E-state index contributed by atoms with van der Waals surface area (Å²) in [5.74, 6) is -7.59. The minimum absolute atomic E-state index is 0.0524. The smallest absolute Gasteiger partial charge is 0.310 e. The van der Waals surface area contributed by atoms with Crippen molar-refractivity contribution in [2.45, 2.75) is 30.8 Å². The normalized spacial score (nSPS) is 22.9. The maximum atomic E-state index is 16.5. The highest BCUT2D eigenvalue weighted by Gasteiger charge is 2.85. The van der Waals surface area contributed by atoms with E-state index in [1.807, 2.05) is 84.9 Å². The molecular formula is C50H40N2O6. The SMILES string of the molecule is CCOC(=O)C1C(C(=O)c2ccccc2)C2(C(=O)N(Cc3ccccc3)c3ccccc32)C2(C(=O)N(Cc3ccccc3)c3ccccc32)C1C(=O)c1ccccc1. The summed E-state index contributed by atoms with van der Waals surface area (Å²) < 4.78 is 5.86. The number of anilines is 2. The Balaban J connectivity index is 1.43. The maximum absolute atomic E-state index is 16.5. The van der Waals surface area contributed by atoms with Gasteiger partial charge in [0.15, 0.2) is 11.6 Å². The van der Waals surface area contributed by atoms with Gasteiger partial charge in [-0.1, -0.05) is 158 Å². The predicted octanol–water partition coefficient (Wildman–Crippen LogP) is 8.15. The monoisotopic (exact) mass is 764 g/mol. The van der Waals surface area contributed by atoms with Crippen LogP contribution in [0.1, 0.15) is 49.9 Å². The van der Waals surface area contributed by atoms with Crippen molar-refractivity contribution in [3.8, 4) is 0 Å². The molecule has 4 atom stereocenters. The molecule has 1 aliphatic carbocycles. The van der Waals surface area contributed by atoms with Crippen LogP contribution in [0, 0.1) is 17.8 Å². The van der Waals surface area contributed by atoms with Gasteiger partial charge >= 0.3 is 5.97 Å².